The van der Waals surface area contributed by atoms with E-state index in [1.165, 1.54) is 28.6 Å². The fourth-order valence-corrected chi connectivity index (χ4v) is 5.22. The number of sulfonamides is 1. The number of esters is 1. The van der Waals surface area contributed by atoms with Crippen molar-refractivity contribution in [3.05, 3.63) is 54.2 Å². The molecule has 1 amide bonds. The molecular formula is C22H24N4O5S. The monoisotopic (exact) mass is 456 g/mol. The summed E-state index contributed by atoms with van der Waals surface area (Å²) < 4.78 is 32.2. The Bertz CT molecular complexity index is 1230. The third-order valence-corrected chi connectivity index (χ3v) is 7.45. The van der Waals surface area contributed by atoms with Crippen molar-refractivity contribution in [1.82, 2.24) is 14.5 Å². The van der Waals surface area contributed by atoms with Gasteiger partial charge in [-0.3, -0.25) is 9.89 Å². The Balaban J connectivity index is 1.36. The first kappa shape index (κ1) is 22.0. The van der Waals surface area contributed by atoms with E-state index in [0.29, 0.717) is 24.1 Å². The lowest BCUT2D eigenvalue weighted by Crippen LogP contribution is -2.41. The Labute approximate surface area is 185 Å². The Morgan fingerprint density at radius 2 is 1.88 bits per heavy atom. The number of ether oxygens (including phenoxy) is 1. The number of nitrogens with one attached hydrogen (secondary N) is 2. The van der Waals surface area contributed by atoms with Crippen molar-refractivity contribution >= 4 is 38.5 Å². The van der Waals surface area contributed by atoms with Crippen LogP contribution in [0.4, 0.5) is 5.69 Å². The number of hydrogen-bond donors (Lipinski definition) is 2. The van der Waals surface area contributed by atoms with Crippen LogP contribution in [-0.4, -0.2) is 54.5 Å². The zero-order valence-electron chi connectivity index (χ0n) is 17.6. The highest BCUT2D eigenvalue weighted by Crippen LogP contribution is 2.26. The van der Waals surface area contributed by atoms with E-state index in [2.05, 4.69) is 15.5 Å². The molecule has 168 valence electrons. The molecule has 0 spiro atoms. The number of H-pyrrole nitrogens is 1. The Hall–Kier alpha value is -3.24. The Morgan fingerprint density at radius 3 is 2.56 bits per heavy atom. The second kappa shape index (κ2) is 9.09. The number of nitrogens with zero attached hydrogens (tertiary/aromatic N) is 2. The van der Waals surface area contributed by atoms with E-state index in [1.807, 2.05) is 12.1 Å². The minimum absolute atomic E-state index is 0.113. The maximum Gasteiger partial charge on any atom is 0.338 e. The molecule has 1 aliphatic rings. The number of hydrogen-bond acceptors (Lipinski definition) is 6. The van der Waals surface area contributed by atoms with Gasteiger partial charge in [-0.05, 0) is 62.2 Å². The summed E-state index contributed by atoms with van der Waals surface area (Å²) in [4.78, 5) is 24.6. The number of piperidine rings is 1. The van der Waals surface area contributed by atoms with Crippen LogP contribution < -0.4 is 5.32 Å². The average molecular weight is 457 g/mol. The maximum absolute atomic E-state index is 13.0. The largest absolute Gasteiger partial charge is 0.462 e. The summed E-state index contributed by atoms with van der Waals surface area (Å²) in [5.41, 5.74) is 1.87. The molecule has 0 atom stereocenters. The van der Waals surface area contributed by atoms with E-state index in [9.17, 15) is 18.0 Å². The molecule has 2 aromatic carbocycles. The van der Waals surface area contributed by atoms with Crippen molar-refractivity contribution in [2.45, 2.75) is 24.7 Å². The molecule has 0 bridgehead atoms. The van der Waals surface area contributed by atoms with E-state index in [-0.39, 0.29) is 36.4 Å². The predicted octanol–water partition coefficient (Wildman–Crippen LogP) is 2.78. The van der Waals surface area contributed by atoms with Crippen LogP contribution in [0.2, 0.25) is 0 Å². The lowest BCUT2D eigenvalue weighted by Gasteiger charge is -2.30. The van der Waals surface area contributed by atoms with Gasteiger partial charge >= 0.3 is 5.97 Å². The van der Waals surface area contributed by atoms with Crippen LogP contribution in [0, 0.1) is 5.92 Å². The first-order valence-electron chi connectivity index (χ1n) is 10.4. The number of carbonyl (C=O) groups is 2. The standard InChI is InChI=1S/C22H24N4O5S/c1-2-31-22(28)16-3-6-19(7-4-16)32(29,30)26-11-9-15(10-12-26)21(27)24-18-5-8-20-17(13-18)14-23-25-20/h3-8,13-15H,2,9-12H2,1H3,(H,23,25)(H,24,27). The van der Waals surface area contributed by atoms with Crippen LogP contribution in [0.25, 0.3) is 10.9 Å². The van der Waals surface area contributed by atoms with Crippen LogP contribution in [0.1, 0.15) is 30.1 Å². The fraction of sp³-hybridized carbons (Fsp3) is 0.318. The summed E-state index contributed by atoms with van der Waals surface area (Å²) in [5, 5.41) is 10.6. The number of aromatic nitrogens is 2. The summed E-state index contributed by atoms with van der Waals surface area (Å²) in [6, 6.07) is 11.2. The van der Waals surface area contributed by atoms with Gasteiger partial charge < -0.3 is 10.1 Å². The molecule has 1 aliphatic heterocycles. The van der Waals surface area contributed by atoms with Gasteiger partial charge in [-0.25, -0.2) is 13.2 Å². The highest BCUT2D eigenvalue weighted by molar-refractivity contribution is 7.89. The molecule has 1 aromatic heterocycles. The fourth-order valence-electron chi connectivity index (χ4n) is 3.75. The highest BCUT2D eigenvalue weighted by atomic mass is 32.2. The lowest BCUT2D eigenvalue weighted by atomic mass is 9.97. The first-order valence-corrected chi connectivity index (χ1v) is 11.8. The highest BCUT2D eigenvalue weighted by Gasteiger charge is 2.32. The van der Waals surface area contributed by atoms with Crippen molar-refractivity contribution < 1.29 is 22.7 Å². The van der Waals surface area contributed by atoms with Gasteiger partial charge in [-0.15, -0.1) is 0 Å². The number of benzene rings is 2. The van der Waals surface area contributed by atoms with Crippen LogP contribution >= 0.6 is 0 Å². The van der Waals surface area contributed by atoms with Crippen LogP contribution in [-0.2, 0) is 19.6 Å². The van der Waals surface area contributed by atoms with Crippen LogP contribution in [0.5, 0.6) is 0 Å². The molecule has 10 heteroatoms. The molecule has 0 unspecified atom stereocenters. The maximum atomic E-state index is 13.0. The van der Waals surface area contributed by atoms with Crippen molar-refractivity contribution in [1.29, 1.82) is 0 Å². The van der Waals surface area contributed by atoms with E-state index < -0.39 is 16.0 Å². The van der Waals surface area contributed by atoms with Crippen LogP contribution in [0.3, 0.4) is 0 Å². The summed E-state index contributed by atoms with van der Waals surface area (Å²) in [6.45, 7) is 2.46. The molecule has 0 aliphatic carbocycles. The van der Waals surface area contributed by atoms with Gasteiger partial charge in [-0.2, -0.15) is 9.40 Å². The molecule has 32 heavy (non-hydrogen) atoms. The van der Waals surface area contributed by atoms with Crippen molar-refractivity contribution in [2.24, 2.45) is 5.92 Å². The smallest absolute Gasteiger partial charge is 0.338 e. The molecule has 9 nitrogen and oxygen atoms in total. The first-order chi connectivity index (χ1) is 15.4. The zero-order chi connectivity index (χ0) is 22.7. The summed E-state index contributed by atoms with van der Waals surface area (Å²) in [5.74, 6) is -0.883. The van der Waals surface area contributed by atoms with E-state index in [4.69, 9.17) is 4.74 Å². The molecule has 0 radical (unpaired) electrons. The van der Waals surface area contributed by atoms with Gasteiger partial charge in [0.25, 0.3) is 0 Å². The molecule has 3 aromatic rings. The van der Waals surface area contributed by atoms with E-state index >= 15 is 0 Å². The SMILES string of the molecule is CCOC(=O)c1ccc(S(=O)(=O)N2CCC(C(=O)Nc3ccc4[nH]ncc4c3)CC2)cc1. The van der Waals surface area contributed by atoms with Gasteiger partial charge in [0.05, 0.1) is 28.8 Å². The summed E-state index contributed by atoms with van der Waals surface area (Å²) in [6.07, 6.45) is 2.55. The lowest BCUT2D eigenvalue weighted by molar-refractivity contribution is -0.120. The number of anilines is 1. The summed E-state index contributed by atoms with van der Waals surface area (Å²) >= 11 is 0. The van der Waals surface area contributed by atoms with Gasteiger partial charge in [0.15, 0.2) is 0 Å². The number of amides is 1. The Kier molecular flexibility index (Phi) is 6.24. The molecule has 4 rings (SSSR count). The predicted molar refractivity (Wildman–Crippen MR) is 119 cm³/mol. The molecule has 2 N–H and O–H groups in total. The minimum atomic E-state index is -3.70. The number of carbonyl (C=O) groups excluding carboxylic acids is 2. The third kappa shape index (κ3) is 4.51. The minimum Gasteiger partial charge on any atom is -0.462 e. The van der Waals surface area contributed by atoms with Gasteiger partial charge in [0, 0.05) is 30.1 Å². The van der Waals surface area contributed by atoms with Gasteiger partial charge in [-0.1, -0.05) is 0 Å². The van der Waals surface area contributed by atoms with E-state index in [1.54, 1.807) is 19.2 Å². The molecular weight excluding hydrogens is 432 g/mol. The van der Waals surface area contributed by atoms with Crippen molar-refractivity contribution in [3.8, 4) is 0 Å². The van der Waals surface area contributed by atoms with Crippen molar-refractivity contribution in [2.75, 3.05) is 25.0 Å². The van der Waals surface area contributed by atoms with E-state index in [0.717, 1.165) is 10.9 Å². The van der Waals surface area contributed by atoms with Crippen LogP contribution in [0.15, 0.2) is 53.6 Å². The zero-order valence-corrected chi connectivity index (χ0v) is 18.4. The summed E-state index contributed by atoms with van der Waals surface area (Å²) in [7, 11) is -3.70. The molecule has 1 fully saturated rings. The van der Waals surface area contributed by atoms with Gasteiger partial charge in [0.2, 0.25) is 15.9 Å². The van der Waals surface area contributed by atoms with Crippen molar-refractivity contribution in [3.63, 3.8) is 0 Å². The molecule has 1 saturated heterocycles. The second-order valence-corrected chi connectivity index (χ2v) is 9.52. The number of aromatic amines is 1. The number of fused-ring (bicyclic) bond motifs is 1. The quantitative estimate of drug-likeness (QED) is 0.550. The molecule has 2 heterocycles. The number of rotatable bonds is 6. The Morgan fingerprint density at radius 1 is 1.16 bits per heavy atom. The second-order valence-electron chi connectivity index (χ2n) is 7.58. The normalized spacial score (nSPS) is 15.5. The third-order valence-electron chi connectivity index (χ3n) is 5.54. The molecule has 0 saturated carbocycles. The van der Waals surface area contributed by atoms with Gasteiger partial charge in [0.1, 0.15) is 0 Å². The average Bonchev–Trinajstić information content (AvgIpc) is 3.27. The topological polar surface area (TPSA) is 121 Å².